The summed E-state index contributed by atoms with van der Waals surface area (Å²) in [7, 11) is 0. The molecule has 0 aliphatic rings. The third kappa shape index (κ3) is 2.11. The van der Waals surface area contributed by atoms with Crippen molar-refractivity contribution in [2.75, 3.05) is 0 Å². The minimum absolute atomic E-state index is 0.253. The predicted octanol–water partition coefficient (Wildman–Crippen LogP) is 5.06. The molecule has 0 spiro atoms. The average Bonchev–Trinajstić information content (AvgIpc) is 2.68. The Labute approximate surface area is 109 Å². The van der Waals surface area contributed by atoms with E-state index >= 15 is 0 Å². The van der Waals surface area contributed by atoms with E-state index in [-0.39, 0.29) is 4.83 Å². The number of thiophene rings is 1. The van der Waals surface area contributed by atoms with Crippen molar-refractivity contribution in [1.82, 2.24) is 0 Å². The summed E-state index contributed by atoms with van der Waals surface area (Å²) >= 11 is 5.62. The van der Waals surface area contributed by atoms with Gasteiger partial charge >= 0.3 is 0 Å². The van der Waals surface area contributed by atoms with Crippen LogP contribution in [0.4, 0.5) is 0 Å². The maximum atomic E-state index is 5.58. The molecule has 0 amide bonds. The lowest BCUT2D eigenvalue weighted by molar-refractivity contribution is 0.502. The van der Waals surface area contributed by atoms with Gasteiger partial charge in [-0.3, -0.25) is 0 Å². The summed E-state index contributed by atoms with van der Waals surface area (Å²) in [5.74, 6) is 1.98. The summed E-state index contributed by atoms with van der Waals surface area (Å²) in [6.07, 6.45) is 0. The van der Waals surface area contributed by atoms with E-state index in [1.807, 2.05) is 25.2 Å². The van der Waals surface area contributed by atoms with Crippen molar-refractivity contribution in [3.63, 3.8) is 0 Å². The lowest BCUT2D eigenvalue weighted by Crippen LogP contribution is -1.91. The number of alkyl halides is 1. The van der Waals surface area contributed by atoms with Crippen molar-refractivity contribution in [2.24, 2.45) is 0 Å². The number of hydrogen-bond acceptors (Lipinski definition) is 2. The van der Waals surface area contributed by atoms with Crippen LogP contribution in [0.5, 0.6) is 0 Å². The zero-order chi connectivity index (χ0) is 11.9. The Balaban J connectivity index is 2.42. The molecule has 0 aromatic carbocycles. The van der Waals surface area contributed by atoms with Crippen molar-refractivity contribution in [3.05, 3.63) is 44.5 Å². The summed E-state index contributed by atoms with van der Waals surface area (Å²) in [4.78, 5) is 2.99. The zero-order valence-electron chi connectivity index (χ0n) is 9.93. The Morgan fingerprint density at radius 2 is 1.88 bits per heavy atom. The predicted molar refractivity (Wildman–Crippen MR) is 72.7 cm³/mol. The molecule has 2 heterocycles. The molecule has 0 saturated heterocycles. The molecule has 2 rings (SSSR count). The van der Waals surface area contributed by atoms with Gasteiger partial charge in [-0.05, 0) is 45.4 Å². The smallest absolute Gasteiger partial charge is 0.105 e. The monoisotopic (exact) mass is 298 g/mol. The molecular formula is C13H15BrOS. The van der Waals surface area contributed by atoms with Crippen LogP contribution >= 0.6 is 27.3 Å². The van der Waals surface area contributed by atoms with E-state index in [0.29, 0.717) is 0 Å². The highest BCUT2D eigenvalue weighted by Crippen LogP contribution is 2.39. The normalized spacial score (nSPS) is 13.1. The molecule has 1 nitrogen and oxygen atoms in total. The third-order valence-electron chi connectivity index (χ3n) is 2.66. The Bertz CT molecular complexity index is 464. The van der Waals surface area contributed by atoms with E-state index < -0.39 is 0 Å². The Kier molecular flexibility index (Phi) is 3.27. The molecule has 1 unspecified atom stereocenters. The average molecular weight is 299 g/mol. The van der Waals surface area contributed by atoms with E-state index in [4.69, 9.17) is 4.42 Å². The highest BCUT2D eigenvalue weighted by Gasteiger charge is 2.19. The van der Waals surface area contributed by atoms with Gasteiger partial charge in [0, 0.05) is 15.3 Å². The van der Waals surface area contributed by atoms with E-state index in [1.54, 1.807) is 0 Å². The fraction of sp³-hybridized carbons (Fsp3) is 0.385. The minimum Gasteiger partial charge on any atom is -0.466 e. The molecule has 0 saturated carbocycles. The summed E-state index contributed by atoms with van der Waals surface area (Å²) in [5, 5.41) is 0. The minimum atomic E-state index is 0.253. The van der Waals surface area contributed by atoms with Gasteiger partial charge in [0.05, 0.1) is 4.83 Å². The molecule has 0 radical (unpaired) electrons. The van der Waals surface area contributed by atoms with Crippen LogP contribution < -0.4 is 0 Å². The van der Waals surface area contributed by atoms with Crippen LogP contribution in [0.15, 0.2) is 16.5 Å². The van der Waals surface area contributed by atoms with Gasteiger partial charge in [0.25, 0.3) is 0 Å². The van der Waals surface area contributed by atoms with Crippen LogP contribution in [-0.4, -0.2) is 0 Å². The van der Waals surface area contributed by atoms with E-state index in [0.717, 1.165) is 11.5 Å². The van der Waals surface area contributed by atoms with E-state index in [2.05, 4.69) is 41.9 Å². The van der Waals surface area contributed by atoms with Crippen molar-refractivity contribution in [3.8, 4) is 0 Å². The van der Waals surface area contributed by atoms with Crippen molar-refractivity contribution in [2.45, 2.75) is 32.5 Å². The second-order valence-electron chi connectivity index (χ2n) is 4.14. The van der Waals surface area contributed by atoms with E-state index in [1.165, 1.54) is 20.9 Å². The van der Waals surface area contributed by atoms with Gasteiger partial charge in [-0.15, -0.1) is 11.3 Å². The van der Waals surface area contributed by atoms with Gasteiger partial charge in [0.15, 0.2) is 0 Å². The van der Waals surface area contributed by atoms with Crippen molar-refractivity contribution in [1.29, 1.82) is 0 Å². The maximum absolute atomic E-state index is 5.58. The number of rotatable bonds is 2. The first kappa shape index (κ1) is 11.9. The first-order valence-electron chi connectivity index (χ1n) is 5.27. The number of furan rings is 1. The maximum Gasteiger partial charge on any atom is 0.105 e. The standard InChI is InChI=1S/C13H15BrOS/c1-7-5-9(3)16-13(7)12(14)11-6-8(2)15-10(11)4/h5-6,12H,1-4H3. The molecule has 0 bridgehead atoms. The molecule has 0 aliphatic heterocycles. The third-order valence-corrected chi connectivity index (χ3v) is 5.13. The summed E-state index contributed by atoms with van der Waals surface area (Å²) in [5.41, 5.74) is 2.59. The first-order valence-corrected chi connectivity index (χ1v) is 7.00. The van der Waals surface area contributed by atoms with Gasteiger partial charge in [-0.25, -0.2) is 0 Å². The fourth-order valence-corrected chi connectivity index (χ4v) is 4.08. The Hall–Kier alpha value is -0.540. The molecule has 0 aliphatic carbocycles. The van der Waals surface area contributed by atoms with Gasteiger partial charge < -0.3 is 4.42 Å². The molecule has 1 atom stereocenters. The molecule has 16 heavy (non-hydrogen) atoms. The number of aryl methyl sites for hydroxylation is 4. The van der Waals surface area contributed by atoms with Gasteiger partial charge in [-0.1, -0.05) is 15.9 Å². The van der Waals surface area contributed by atoms with Crippen LogP contribution in [0.2, 0.25) is 0 Å². The molecule has 2 aromatic rings. The molecule has 86 valence electrons. The molecule has 0 N–H and O–H groups in total. The topological polar surface area (TPSA) is 13.1 Å². The summed E-state index contributed by atoms with van der Waals surface area (Å²) in [6, 6.07) is 4.35. The highest BCUT2D eigenvalue weighted by atomic mass is 79.9. The van der Waals surface area contributed by atoms with Crippen LogP contribution in [0.1, 0.15) is 37.2 Å². The van der Waals surface area contributed by atoms with Crippen molar-refractivity contribution < 1.29 is 4.42 Å². The van der Waals surface area contributed by atoms with Crippen molar-refractivity contribution >= 4 is 27.3 Å². The van der Waals surface area contributed by atoms with Gasteiger partial charge in [0.2, 0.25) is 0 Å². The fourth-order valence-electron chi connectivity index (χ4n) is 1.95. The highest BCUT2D eigenvalue weighted by molar-refractivity contribution is 9.09. The van der Waals surface area contributed by atoms with Gasteiger partial charge in [-0.2, -0.15) is 0 Å². The molecule has 3 heteroatoms. The van der Waals surface area contributed by atoms with Crippen LogP contribution in [0.3, 0.4) is 0 Å². The van der Waals surface area contributed by atoms with E-state index in [9.17, 15) is 0 Å². The zero-order valence-corrected chi connectivity index (χ0v) is 12.3. The second kappa shape index (κ2) is 4.38. The molecule has 0 fully saturated rings. The number of halogens is 1. The summed E-state index contributed by atoms with van der Waals surface area (Å²) < 4.78 is 5.58. The number of hydrogen-bond donors (Lipinski definition) is 0. The van der Waals surface area contributed by atoms with Crippen LogP contribution in [0, 0.1) is 27.7 Å². The molecule has 2 aromatic heterocycles. The largest absolute Gasteiger partial charge is 0.466 e. The Morgan fingerprint density at radius 3 is 2.31 bits per heavy atom. The lowest BCUT2D eigenvalue weighted by Gasteiger charge is -2.07. The molecular weight excluding hydrogens is 284 g/mol. The van der Waals surface area contributed by atoms with Gasteiger partial charge in [0.1, 0.15) is 11.5 Å². The Morgan fingerprint density at radius 1 is 1.19 bits per heavy atom. The van der Waals surface area contributed by atoms with Crippen LogP contribution in [-0.2, 0) is 0 Å². The summed E-state index contributed by atoms with van der Waals surface area (Å²) in [6.45, 7) is 8.32. The first-order chi connectivity index (χ1) is 7.49. The second-order valence-corrected chi connectivity index (χ2v) is 6.34. The quantitative estimate of drug-likeness (QED) is 0.706. The SMILES string of the molecule is Cc1cc(C(Br)c2sc(C)cc2C)c(C)o1. The lowest BCUT2D eigenvalue weighted by atomic mass is 10.1. The van der Waals surface area contributed by atoms with Crippen LogP contribution in [0.25, 0.3) is 0 Å².